The smallest absolute Gasteiger partial charge is 0.368 e. The molecule has 106 valence electrons. The lowest BCUT2D eigenvalue weighted by atomic mass is 9.90. The monoisotopic (exact) mass is 335 g/mol. The zero-order valence-corrected chi connectivity index (χ0v) is 12.2. The first-order valence-electron chi connectivity index (χ1n) is 6.53. The highest BCUT2D eigenvalue weighted by Gasteiger charge is 2.36. The Hall–Kier alpha value is -0.710. The van der Waals surface area contributed by atoms with Crippen molar-refractivity contribution in [3.63, 3.8) is 0 Å². The van der Waals surface area contributed by atoms with Crippen molar-refractivity contribution in [2.24, 2.45) is 0 Å². The van der Waals surface area contributed by atoms with Crippen molar-refractivity contribution in [2.45, 2.75) is 37.9 Å². The molecule has 5 heteroatoms. The lowest BCUT2D eigenvalue weighted by Gasteiger charge is -2.40. The highest BCUT2D eigenvalue weighted by Crippen LogP contribution is 2.39. The SMILES string of the molecule is FC(F)(F)c1ccccc1N(CCCBr)C1CCC1. The molecule has 0 atom stereocenters. The van der Waals surface area contributed by atoms with E-state index in [1.54, 1.807) is 12.1 Å². The summed E-state index contributed by atoms with van der Waals surface area (Å²) in [7, 11) is 0. The quantitative estimate of drug-likeness (QED) is 0.695. The highest BCUT2D eigenvalue weighted by atomic mass is 79.9. The zero-order chi connectivity index (χ0) is 13.9. The van der Waals surface area contributed by atoms with Crippen LogP contribution in [0.15, 0.2) is 24.3 Å². The van der Waals surface area contributed by atoms with E-state index in [4.69, 9.17) is 0 Å². The minimum absolute atomic E-state index is 0.266. The number of rotatable bonds is 5. The van der Waals surface area contributed by atoms with Gasteiger partial charge in [0.1, 0.15) is 0 Å². The van der Waals surface area contributed by atoms with Gasteiger partial charge in [-0.05, 0) is 37.8 Å². The lowest BCUT2D eigenvalue weighted by molar-refractivity contribution is -0.137. The standard InChI is InChI=1S/C14H17BrF3N/c15-9-4-10-19(11-5-3-6-11)13-8-2-1-7-12(13)14(16,17)18/h1-2,7-8,11H,3-6,9-10H2. The van der Waals surface area contributed by atoms with Crippen molar-refractivity contribution >= 4 is 21.6 Å². The molecule has 1 aliphatic rings. The number of alkyl halides is 4. The summed E-state index contributed by atoms with van der Waals surface area (Å²) in [6.07, 6.45) is -0.331. The molecule has 1 saturated carbocycles. The molecule has 1 nitrogen and oxygen atoms in total. The van der Waals surface area contributed by atoms with Gasteiger partial charge in [0.05, 0.1) is 5.56 Å². The number of benzene rings is 1. The molecule has 1 aromatic carbocycles. The van der Waals surface area contributed by atoms with Crippen LogP contribution in [0.2, 0.25) is 0 Å². The summed E-state index contributed by atoms with van der Waals surface area (Å²) in [5.41, 5.74) is -0.183. The van der Waals surface area contributed by atoms with Gasteiger partial charge in [0, 0.05) is 23.6 Å². The Morgan fingerprint density at radius 3 is 2.42 bits per heavy atom. The Bertz CT molecular complexity index is 415. The molecule has 0 unspecified atom stereocenters. The van der Waals surface area contributed by atoms with Crippen LogP contribution in [0.1, 0.15) is 31.2 Å². The number of hydrogen-bond acceptors (Lipinski definition) is 1. The van der Waals surface area contributed by atoms with Crippen LogP contribution < -0.4 is 4.90 Å². The summed E-state index contributed by atoms with van der Waals surface area (Å²) < 4.78 is 39.2. The normalized spacial score (nSPS) is 16.2. The van der Waals surface area contributed by atoms with E-state index in [0.29, 0.717) is 12.2 Å². The number of anilines is 1. The molecule has 0 N–H and O–H groups in total. The van der Waals surface area contributed by atoms with Gasteiger partial charge in [-0.25, -0.2) is 0 Å². The molecule has 19 heavy (non-hydrogen) atoms. The molecule has 1 aliphatic carbocycles. The van der Waals surface area contributed by atoms with Gasteiger partial charge in [-0.1, -0.05) is 28.1 Å². The summed E-state index contributed by atoms with van der Waals surface area (Å²) in [4.78, 5) is 1.94. The maximum atomic E-state index is 13.1. The number of hydrogen-bond donors (Lipinski definition) is 0. The first-order chi connectivity index (χ1) is 9.04. The number of para-hydroxylation sites is 1. The maximum Gasteiger partial charge on any atom is 0.418 e. The second-order valence-corrected chi connectivity index (χ2v) is 5.63. The van der Waals surface area contributed by atoms with Crippen molar-refractivity contribution in [3.05, 3.63) is 29.8 Å². The molecule has 0 aromatic heterocycles. The fourth-order valence-corrected chi connectivity index (χ4v) is 2.64. The molecular formula is C14H17BrF3N. The van der Waals surface area contributed by atoms with Gasteiger partial charge in [-0.2, -0.15) is 13.2 Å². The second kappa shape index (κ2) is 6.16. The Morgan fingerprint density at radius 2 is 1.89 bits per heavy atom. The third-order valence-corrected chi connectivity index (χ3v) is 4.13. The largest absolute Gasteiger partial charge is 0.418 e. The Labute approximate surface area is 119 Å². The molecule has 0 spiro atoms. The van der Waals surface area contributed by atoms with Crippen molar-refractivity contribution in [3.8, 4) is 0 Å². The molecule has 0 radical (unpaired) electrons. The molecular weight excluding hydrogens is 319 g/mol. The van der Waals surface area contributed by atoms with E-state index < -0.39 is 11.7 Å². The highest BCUT2D eigenvalue weighted by molar-refractivity contribution is 9.09. The predicted molar refractivity (Wildman–Crippen MR) is 74.8 cm³/mol. The van der Waals surface area contributed by atoms with E-state index in [0.717, 1.165) is 31.0 Å². The van der Waals surface area contributed by atoms with Crippen molar-refractivity contribution in [2.75, 3.05) is 16.8 Å². The van der Waals surface area contributed by atoms with Gasteiger partial charge < -0.3 is 4.90 Å². The van der Waals surface area contributed by atoms with Crippen molar-refractivity contribution < 1.29 is 13.2 Å². The Morgan fingerprint density at radius 1 is 1.21 bits per heavy atom. The summed E-state index contributed by atoms with van der Waals surface area (Å²) in [5.74, 6) is 0. The van der Waals surface area contributed by atoms with E-state index in [1.165, 1.54) is 12.1 Å². The van der Waals surface area contributed by atoms with Crippen LogP contribution in [0.4, 0.5) is 18.9 Å². The first kappa shape index (κ1) is 14.7. The molecule has 2 rings (SSSR count). The minimum atomic E-state index is -4.28. The van der Waals surface area contributed by atoms with Gasteiger partial charge in [-0.3, -0.25) is 0 Å². The maximum absolute atomic E-state index is 13.1. The lowest BCUT2D eigenvalue weighted by Crippen LogP contribution is -2.42. The molecule has 0 aliphatic heterocycles. The zero-order valence-electron chi connectivity index (χ0n) is 10.6. The van der Waals surface area contributed by atoms with Crippen LogP contribution in [0.25, 0.3) is 0 Å². The van der Waals surface area contributed by atoms with Crippen LogP contribution in [0.3, 0.4) is 0 Å². The van der Waals surface area contributed by atoms with Crippen molar-refractivity contribution in [1.82, 2.24) is 0 Å². The molecule has 1 fully saturated rings. The van der Waals surface area contributed by atoms with E-state index in [-0.39, 0.29) is 6.04 Å². The van der Waals surface area contributed by atoms with Crippen LogP contribution in [-0.2, 0) is 6.18 Å². The van der Waals surface area contributed by atoms with Crippen molar-refractivity contribution in [1.29, 1.82) is 0 Å². The van der Waals surface area contributed by atoms with Gasteiger partial charge in [0.25, 0.3) is 0 Å². The van der Waals surface area contributed by atoms with Crippen LogP contribution >= 0.6 is 15.9 Å². The predicted octanol–water partition coefficient (Wildman–Crippen LogP) is 4.85. The van der Waals surface area contributed by atoms with Crippen LogP contribution in [-0.4, -0.2) is 17.9 Å². The second-order valence-electron chi connectivity index (χ2n) is 4.84. The van der Waals surface area contributed by atoms with Gasteiger partial charge in [-0.15, -0.1) is 0 Å². The minimum Gasteiger partial charge on any atom is -0.368 e. The van der Waals surface area contributed by atoms with E-state index in [2.05, 4.69) is 15.9 Å². The van der Waals surface area contributed by atoms with Crippen LogP contribution in [0.5, 0.6) is 0 Å². The van der Waals surface area contributed by atoms with E-state index in [9.17, 15) is 13.2 Å². The average Bonchev–Trinajstić information content (AvgIpc) is 2.31. The topological polar surface area (TPSA) is 3.24 Å². The Balaban J connectivity index is 2.29. The van der Waals surface area contributed by atoms with Gasteiger partial charge in [0.2, 0.25) is 0 Å². The summed E-state index contributed by atoms with van der Waals surface area (Å²) in [5, 5.41) is 0.810. The molecule has 0 amide bonds. The van der Waals surface area contributed by atoms with Gasteiger partial charge in [0.15, 0.2) is 0 Å². The average molecular weight is 336 g/mol. The number of nitrogens with zero attached hydrogens (tertiary/aromatic N) is 1. The first-order valence-corrected chi connectivity index (χ1v) is 7.65. The molecule has 0 heterocycles. The fourth-order valence-electron chi connectivity index (χ4n) is 2.39. The third-order valence-electron chi connectivity index (χ3n) is 3.57. The fraction of sp³-hybridized carbons (Fsp3) is 0.571. The van der Waals surface area contributed by atoms with E-state index >= 15 is 0 Å². The summed E-state index contributed by atoms with van der Waals surface area (Å²) in [6, 6.07) is 6.17. The molecule has 0 bridgehead atoms. The van der Waals surface area contributed by atoms with Crippen LogP contribution in [0, 0.1) is 0 Å². The molecule has 1 aromatic rings. The molecule has 0 saturated heterocycles. The summed E-state index contributed by atoms with van der Waals surface area (Å²) in [6.45, 7) is 0.670. The van der Waals surface area contributed by atoms with Gasteiger partial charge >= 0.3 is 6.18 Å². The number of halogens is 4. The summed E-state index contributed by atoms with van der Waals surface area (Å²) >= 11 is 3.35. The third kappa shape index (κ3) is 3.44. The van der Waals surface area contributed by atoms with E-state index in [1.807, 2.05) is 4.90 Å². The Kier molecular flexibility index (Phi) is 4.76.